The van der Waals surface area contributed by atoms with Crippen molar-refractivity contribution in [3.05, 3.63) is 35.9 Å². The Hall–Kier alpha value is -2.57. The van der Waals surface area contributed by atoms with Crippen LogP contribution < -0.4 is 5.32 Å². The molecule has 2 amide bonds. The molecule has 0 bridgehead atoms. The Morgan fingerprint density at radius 2 is 1.92 bits per heavy atom. The highest BCUT2D eigenvalue weighted by Crippen LogP contribution is 2.30. The number of ether oxygens (including phenoxy) is 1. The second kappa shape index (κ2) is 8.21. The lowest BCUT2D eigenvalue weighted by Crippen LogP contribution is -2.58. The Morgan fingerprint density at radius 3 is 2.50 bits per heavy atom. The third-order valence-corrected chi connectivity index (χ3v) is 4.79. The molecule has 1 saturated heterocycles. The number of likely N-dealkylation sites (tertiary alicyclic amines) is 1. The molecule has 26 heavy (non-hydrogen) atoms. The Balaban J connectivity index is 2.02. The molecule has 1 aromatic carbocycles. The van der Waals surface area contributed by atoms with E-state index >= 15 is 0 Å². The Kier molecular flexibility index (Phi) is 6.23. The molecule has 1 aromatic rings. The van der Waals surface area contributed by atoms with Crippen molar-refractivity contribution >= 4 is 18.0 Å². The Labute approximate surface area is 153 Å². The highest BCUT2D eigenvalue weighted by molar-refractivity contribution is 5.91. The van der Waals surface area contributed by atoms with Gasteiger partial charge in [-0.1, -0.05) is 44.2 Å². The van der Waals surface area contributed by atoms with Crippen molar-refractivity contribution in [2.24, 2.45) is 5.92 Å². The summed E-state index contributed by atoms with van der Waals surface area (Å²) < 4.78 is 5.18. The van der Waals surface area contributed by atoms with E-state index in [0.29, 0.717) is 19.4 Å². The molecule has 0 spiro atoms. The van der Waals surface area contributed by atoms with Crippen LogP contribution in [0, 0.1) is 5.92 Å². The highest BCUT2D eigenvalue weighted by atomic mass is 16.5. The van der Waals surface area contributed by atoms with E-state index in [-0.39, 0.29) is 18.4 Å². The van der Waals surface area contributed by atoms with Gasteiger partial charge in [0.15, 0.2) is 0 Å². The Bertz CT molecular complexity index is 661. The first-order valence-electron chi connectivity index (χ1n) is 8.78. The van der Waals surface area contributed by atoms with Crippen LogP contribution in [0.1, 0.15) is 39.2 Å². The van der Waals surface area contributed by atoms with Gasteiger partial charge in [-0.25, -0.2) is 9.59 Å². The van der Waals surface area contributed by atoms with Gasteiger partial charge >= 0.3 is 12.1 Å². The van der Waals surface area contributed by atoms with Gasteiger partial charge < -0.3 is 20.1 Å². The monoisotopic (exact) mass is 362 g/mol. The van der Waals surface area contributed by atoms with E-state index in [0.717, 1.165) is 5.56 Å². The van der Waals surface area contributed by atoms with E-state index in [1.165, 1.54) is 4.90 Å². The lowest BCUT2D eigenvalue weighted by Gasteiger charge is -2.35. The largest absolute Gasteiger partial charge is 0.480 e. The highest BCUT2D eigenvalue weighted by Gasteiger charge is 2.48. The summed E-state index contributed by atoms with van der Waals surface area (Å²) in [5.74, 6) is -1.62. The summed E-state index contributed by atoms with van der Waals surface area (Å²) in [5.41, 5.74) is -0.395. The van der Waals surface area contributed by atoms with Crippen LogP contribution in [0.3, 0.4) is 0 Å². The lowest BCUT2D eigenvalue weighted by atomic mass is 9.96. The molecule has 1 unspecified atom stereocenters. The van der Waals surface area contributed by atoms with Crippen LogP contribution in [0.5, 0.6) is 0 Å². The summed E-state index contributed by atoms with van der Waals surface area (Å²) >= 11 is 0. The van der Waals surface area contributed by atoms with Gasteiger partial charge in [-0.05, 0) is 31.2 Å². The molecule has 0 radical (unpaired) electrons. The molecule has 1 fully saturated rings. The van der Waals surface area contributed by atoms with Crippen LogP contribution >= 0.6 is 0 Å². The topological polar surface area (TPSA) is 95.9 Å². The fourth-order valence-corrected chi connectivity index (χ4v) is 3.11. The molecule has 2 atom stereocenters. The summed E-state index contributed by atoms with van der Waals surface area (Å²) in [4.78, 5) is 38.0. The number of hydrogen-bond acceptors (Lipinski definition) is 4. The van der Waals surface area contributed by atoms with Gasteiger partial charge in [0.25, 0.3) is 0 Å². The molecule has 7 nitrogen and oxygen atoms in total. The molecule has 142 valence electrons. The first kappa shape index (κ1) is 19.8. The van der Waals surface area contributed by atoms with E-state index in [9.17, 15) is 19.5 Å². The van der Waals surface area contributed by atoms with E-state index in [4.69, 9.17) is 4.74 Å². The summed E-state index contributed by atoms with van der Waals surface area (Å²) in [6.45, 7) is 5.61. The fraction of sp³-hybridized carbons (Fsp3) is 0.526. The number of nitrogens with zero attached hydrogens (tertiary/aromatic N) is 1. The minimum Gasteiger partial charge on any atom is -0.480 e. The summed E-state index contributed by atoms with van der Waals surface area (Å²) in [6, 6.07) is 8.39. The van der Waals surface area contributed by atoms with Crippen LogP contribution in [-0.4, -0.2) is 46.1 Å². The summed E-state index contributed by atoms with van der Waals surface area (Å²) in [7, 11) is 0. The Morgan fingerprint density at radius 1 is 1.27 bits per heavy atom. The number of aliphatic carboxylic acids is 1. The van der Waals surface area contributed by atoms with Gasteiger partial charge in [-0.15, -0.1) is 0 Å². The first-order chi connectivity index (χ1) is 12.3. The van der Waals surface area contributed by atoms with Gasteiger partial charge in [0.1, 0.15) is 18.2 Å². The number of carboxylic acids is 1. The molecule has 0 aliphatic carbocycles. The summed E-state index contributed by atoms with van der Waals surface area (Å²) in [5, 5.41) is 12.1. The quantitative estimate of drug-likeness (QED) is 0.810. The molecule has 1 heterocycles. The van der Waals surface area contributed by atoms with Gasteiger partial charge in [0.05, 0.1) is 0 Å². The number of nitrogens with one attached hydrogen (secondary N) is 1. The van der Waals surface area contributed by atoms with Gasteiger partial charge in [0.2, 0.25) is 5.91 Å². The van der Waals surface area contributed by atoms with Gasteiger partial charge in [-0.2, -0.15) is 0 Å². The summed E-state index contributed by atoms with van der Waals surface area (Å²) in [6.07, 6.45) is 0.326. The SMILES string of the molecule is CC(C)C(NC(=O)OCc1ccccc1)C(=O)N1CCC[C@@]1(C)C(=O)O. The second-order valence-electron chi connectivity index (χ2n) is 7.10. The number of hydrogen-bond donors (Lipinski definition) is 2. The fourth-order valence-electron chi connectivity index (χ4n) is 3.11. The molecule has 1 aliphatic rings. The van der Waals surface area contributed by atoms with E-state index in [1.54, 1.807) is 20.8 Å². The smallest absolute Gasteiger partial charge is 0.408 e. The maximum Gasteiger partial charge on any atom is 0.408 e. The van der Waals surface area contributed by atoms with E-state index in [1.807, 2.05) is 30.3 Å². The zero-order valence-corrected chi connectivity index (χ0v) is 15.4. The lowest BCUT2D eigenvalue weighted by molar-refractivity contribution is -0.156. The molecule has 2 N–H and O–H groups in total. The minimum atomic E-state index is -1.24. The molecule has 0 saturated carbocycles. The second-order valence-corrected chi connectivity index (χ2v) is 7.10. The zero-order chi connectivity index (χ0) is 19.3. The van der Waals surface area contributed by atoms with Crippen molar-refractivity contribution in [1.82, 2.24) is 10.2 Å². The zero-order valence-electron chi connectivity index (χ0n) is 15.4. The number of carbonyl (C=O) groups excluding carboxylic acids is 2. The van der Waals surface area contributed by atoms with Crippen molar-refractivity contribution < 1.29 is 24.2 Å². The molecule has 0 aromatic heterocycles. The molecule has 1 aliphatic heterocycles. The minimum absolute atomic E-state index is 0.0994. The van der Waals surface area contributed by atoms with Crippen molar-refractivity contribution in [2.75, 3.05) is 6.54 Å². The number of alkyl carbamates (subject to hydrolysis) is 1. The van der Waals surface area contributed by atoms with Crippen molar-refractivity contribution in [3.8, 4) is 0 Å². The normalized spacial score (nSPS) is 20.7. The molecule has 7 heteroatoms. The standard InChI is InChI=1S/C19H26N2O5/c1-13(2)15(16(22)21-11-7-10-19(21,3)17(23)24)20-18(25)26-12-14-8-5-4-6-9-14/h4-6,8-9,13,15H,7,10-12H2,1-3H3,(H,20,25)(H,23,24)/t15?,19-/m0/s1. The predicted octanol–water partition coefficient (Wildman–Crippen LogP) is 2.40. The van der Waals surface area contributed by atoms with E-state index in [2.05, 4.69) is 5.32 Å². The maximum atomic E-state index is 12.9. The number of rotatable bonds is 6. The van der Waals surface area contributed by atoms with Crippen molar-refractivity contribution in [2.45, 2.75) is 51.8 Å². The number of carboxylic acid groups (broad SMARTS) is 1. The molecular formula is C19H26N2O5. The van der Waals surface area contributed by atoms with Crippen molar-refractivity contribution in [1.29, 1.82) is 0 Å². The molecule has 2 rings (SSSR count). The maximum absolute atomic E-state index is 12.9. The van der Waals surface area contributed by atoms with Crippen LogP contribution in [-0.2, 0) is 20.9 Å². The third-order valence-electron chi connectivity index (χ3n) is 4.79. The predicted molar refractivity (Wildman–Crippen MR) is 95.4 cm³/mol. The average molecular weight is 362 g/mol. The number of carbonyl (C=O) groups is 3. The van der Waals surface area contributed by atoms with Crippen LogP contribution in [0.15, 0.2) is 30.3 Å². The number of amides is 2. The van der Waals surface area contributed by atoms with Gasteiger partial charge in [-0.3, -0.25) is 4.79 Å². The van der Waals surface area contributed by atoms with Crippen LogP contribution in [0.2, 0.25) is 0 Å². The van der Waals surface area contributed by atoms with Crippen molar-refractivity contribution in [3.63, 3.8) is 0 Å². The van der Waals surface area contributed by atoms with Crippen LogP contribution in [0.4, 0.5) is 4.79 Å². The number of benzene rings is 1. The third kappa shape index (κ3) is 4.33. The first-order valence-corrected chi connectivity index (χ1v) is 8.78. The average Bonchev–Trinajstić information content (AvgIpc) is 3.01. The van der Waals surface area contributed by atoms with Gasteiger partial charge in [0, 0.05) is 6.54 Å². The van der Waals surface area contributed by atoms with E-state index < -0.39 is 23.6 Å². The molecular weight excluding hydrogens is 336 g/mol. The van der Waals surface area contributed by atoms with Crippen LogP contribution in [0.25, 0.3) is 0 Å².